The summed E-state index contributed by atoms with van der Waals surface area (Å²) in [5.41, 5.74) is 6.63. The van der Waals surface area contributed by atoms with Crippen molar-refractivity contribution in [2.75, 3.05) is 0 Å². The maximum absolute atomic E-state index is 12.3. The quantitative estimate of drug-likeness (QED) is 0.493. The molecular weight excluding hydrogens is 317 g/mol. The van der Waals surface area contributed by atoms with E-state index in [0.29, 0.717) is 21.7 Å². The van der Waals surface area contributed by atoms with E-state index in [1.165, 1.54) is 6.07 Å². The number of carboxylic acids is 1. The average Bonchev–Trinajstić information content (AvgIpc) is 2.46. The van der Waals surface area contributed by atoms with Gasteiger partial charge in [0.1, 0.15) is 0 Å². The van der Waals surface area contributed by atoms with Crippen LogP contribution in [0.5, 0.6) is 0 Å². The normalized spacial score (nSPS) is 10.8. The topological polar surface area (TPSA) is 115 Å². The van der Waals surface area contributed by atoms with E-state index in [0.717, 1.165) is 0 Å². The van der Waals surface area contributed by atoms with Crippen LogP contribution in [0.15, 0.2) is 48.5 Å². The summed E-state index contributed by atoms with van der Waals surface area (Å²) in [6, 6.07) is 11.4. The van der Waals surface area contributed by atoms with Crippen LogP contribution in [0, 0.1) is 0 Å². The van der Waals surface area contributed by atoms with E-state index in [2.05, 4.69) is 0 Å². The minimum Gasteiger partial charge on any atom is -0.548 e. The van der Waals surface area contributed by atoms with Gasteiger partial charge in [0.15, 0.2) is 5.78 Å². The first-order valence-electron chi connectivity index (χ1n) is 5.85. The van der Waals surface area contributed by atoms with Crippen molar-refractivity contribution < 1.29 is 49.7 Å². The second kappa shape index (κ2) is 9.05. The van der Waals surface area contributed by atoms with Crippen LogP contribution in [0.3, 0.4) is 0 Å². The van der Waals surface area contributed by atoms with Gasteiger partial charge in [0.05, 0.1) is 12.0 Å². The fourth-order valence-electron chi connectivity index (χ4n) is 1.78. The van der Waals surface area contributed by atoms with E-state index in [9.17, 15) is 14.7 Å². The Morgan fingerprint density at radius 3 is 2.18 bits per heavy atom. The molecule has 2 rings (SSSR count). The van der Waals surface area contributed by atoms with Gasteiger partial charge in [-0.3, -0.25) is 4.79 Å². The number of hydrogen-bond donors (Lipinski definition) is 1. The Bertz CT molecular complexity index is 661. The minimum atomic E-state index is -1.39. The van der Waals surface area contributed by atoms with Crippen molar-refractivity contribution in [3.63, 3.8) is 0 Å². The number of carbonyl (C=O) groups excluding carboxylic acids is 2. The van der Waals surface area contributed by atoms with Crippen LogP contribution in [0.1, 0.15) is 27.5 Å². The molecule has 7 heteroatoms. The summed E-state index contributed by atoms with van der Waals surface area (Å²) in [5, 5.41) is 11.3. The van der Waals surface area contributed by atoms with Crippen LogP contribution in [0.25, 0.3) is 0 Å². The van der Waals surface area contributed by atoms with Gasteiger partial charge in [-0.2, -0.15) is 0 Å². The number of ketones is 1. The molecule has 0 aliphatic carbocycles. The molecule has 22 heavy (non-hydrogen) atoms. The molecule has 2 aromatic carbocycles. The summed E-state index contributed by atoms with van der Waals surface area (Å²) in [5.74, 6) is -1.62. The van der Waals surface area contributed by atoms with Crippen molar-refractivity contribution in [1.29, 1.82) is 0 Å². The van der Waals surface area contributed by atoms with Gasteiger partial charge in [0.25, 0.3) is 0 Å². The number of benzene rings is 2. The molecule has 0 aliphatic rings. The molecular formula is C15H13ClNNaO4. The number of aliphatic carboxylic acids is 1. The number of halogens is 1. The SMILES string of the molecule is NC(C(=O)[O-])c1cccc(C(=O)c2ccc(Cl)cc2)c1.O.[Na+]. The Labute approximate surface area is 154 Å². The van der Waals surface area contributed by atoms with Gasteiger partial charge in [0, 0.05) is 16.1 Å². The first kappa shape index (κ1) is 20.8. The number of carboxylic acid groups (broad SMARTS) is 1. The Hall–Kier alpha value is -1.21. The van der Waals surface area contributed by atoms with Crippen LogP contribution in [0.4, 0.5) is 0 Å². The molecule has 0 saturated carbocycles. The molecule has 0 saturated heterocycles. The Morgan fingerprint density at radius 2 is 1.64 bits per heavy atom. The summed E-state index contributed by atoms with van der Waals surface area (Å²) in [6.45, 7) is 0. The zero-order chi connectivity index (χ0) is 14.7. The molecule has 0 radical (unpaired) electrons. The largest absolute Gasteiger partial charge is 1.00 e. The summed E-state index contributed by atoms with van der Waals surface area (Å²) >= 11 is 5.76. The van der Waals surface area contributed by atoms with Crippen molar-refractivity contribution in [3.8, 4) is 0 Å². The molecule has 110 valence electrons. The maximum atomic E-state index is 12.3. The predicted molar refractivity (Wildman–Crippen MR) is 76.9 cm³/mol. The Morgan fingerprint density at radius 1 is 1.05 bits per heavy atom. The zero-order valence-corrected chi connectivity index (χ0v) is 14.6. The number of nitrogens with two attached hydrogens (primary N) is 1. The third-order valence-corrected chi connectivity index (χ3v) is 3.12. The standard InChI is InChI=1S/C15H12ClNO3.Na.H2O/c16-12-6-4-9(5-7-12)14(18)11-3-1-2-10(8-11)13(17)15(19)20;;/h1-8,13H,17H2,(H,19,20);;1H2/q;+1;/p-1. The van der Waals surface area contributed by atoms with Gasteiger partial charge < -0.3 is 21.1 Å². The molecule has 0 amide bonds. The minimum absolute atomic E-state index is 0. The smallest absolute Gasteiger partial charge is 0.548 e. The van der Waals surface area contributed by atoms with Crippen molar-refractivity contribution in [2.45, 2.75) is 6.04 Å². The molecule has 0 aromatic heterocycles. The van der Waals surface area contributed by atoms with Crippen molar-refractivity contribution in [1.82, 2.24) is 0 Å². The van der Waals surface area contributed by atoms with Gasteiger partial charge in [-0.15, -0.1) is 0 Å². The first-order valence-corrected chi connectivity index (χ1v) is 6.23. The average molecular weight is 330 g/mol. The van der Waals surface area contributed by atoms with Crippen LogP contribution in [0.2, 0.25) is 5.02 Å². The van der Waals surface area contributed by atoms with E-state index in [1.807, 2.05) is 0 Å². The van der Waals surface area contributed by atoms with E-state index >= 15 is 0 Å². The first-order chi connectivity index (χ1) is 9.49. The van der Waals surface area contributed by atoms with Gasteiger partial charge in [-0.1, -0.05) is 29.8 Å². The predicted octanol–water partition coefficient (Wildman–Crippen LogP) is -2.50. The molecule has 4 N–H and O–H groups in total. The molecule has 5 nitrogen and oxygen atoms in total. The molecule has 1 atom stereocenters. The van der Waals surface area contributed by atoms with E-state index in [1.54, 1.807) is 42.5 Å². The number of hydrogen-bond acceptors (Lipinski definition) is 4. The van der Waals surface area contributed by atoms with Gasteiger partial charge >= 0.3 is 29.6 Å². The summed E-state index contributed by atoms with van der Waals surface area (Å²) in [6.07, 6.45) is 0. The number of rotatable bonds is 4. The van der Waals surface area contributed by atoms with Crippen molar-refractivity contribution in [3.05, 3.63) is 70.2 Å². The fourth-order valence-corrected chi connectivity index (χ4v) is 1.90. The fraction of sp³-hybridized carbons (Fsp3) is 0.0667. The zero-order valence-electron chi connectivity index (χ0n) is 11.9. The summed E-state index contributed by atoms with van der Waals surface area (Å²) < 4.78 is 0. The molecule has 0 heterocycles. The summed E-state index contributed by atoms with van der Waals surface area (Å²) in [4.78, 5) is 23.0. The van der Waals surface area contributed by atoms with E-state index < -0.39 is 12.0 Å². The van der Waals surface area contributed by atoms with Crippen LogP contribution in [-0.4, -0.2) is 17.2 Å². The van der Waals surface area contributed by atoms with Crippen molar-refractivity contribution >= 4 is 23.4 Å². The van der Waals surface area contributed by atoms with Crippen molar-refractivity contribution in [2.24, 2.45) is 5.73 Å². The second-order valence-corrected chi connectivity index (χ2v) is 4.69. The molecule has 2 aromatic rings. The monoisotopic (exact) mass is 329 g/mol. The Kier molecular flexibility index (Phi) is 8.55. The molecule has 1 unspecified atom stereocenters. The summed E-state index contributed by atoms with van der Waals surface area (Å²) in [7, 11) is 0. The van der Waals surface area contributed by atoms with Crippen LogP contribution < -0.4 is 40.4 Å². The van der Waals surface area contributed by atoms with E-state index in [-0.39, 0.29) is 40.8 Å². The number of carbonyl (C=O) groups is 2. The second-order valence-electron chi connectivity index (χ2n) is 4.26. The third-order valence-electron chi connectivity index (χ3n) is 2.87. The van der Waals surface area contributed by atoms with Gasteiger partial charge in [-0.05, 0) is 35.9 Å². The van der Waals surface area contributed by atoms with Gasteiger partial charge in [0.2, 0.25) is 0 Å². The van der Waals surface area contributed by atoms with Crippen LogP contribution >= 0.6 is 11.6 Å². The van der Waals surface area contributed by atoms with Gasteiger partial charge in [-0.25, -0.2) is 0 Å². The molecule has 0 spiro atoms. The third kappa shape index (κ3) is 4.91. The van der Waals surface area contributed by atoms with Crippen LogP contribution in [-0.2, 0) is 4.79 Å². The molecule has 0 fully saturated rings. The molecule has 0 aliphatic heterocycles. The van der Waals surface area contributed by atoms with E-state index in [4.69, 9.17) is 17.3 Å². The maximum Gasteiger partial charge on any atom is 1.00 e. The molecule has 0 bridgehead atoms. The Balaban J connectivity index is 0.00000220.